The molecule has 0 N–H and O–H groups in total. The monoisotopic (exact) mass is 318 g/mol. The lowest BCUT2D eigenvalue weighted by Crippen LogP contribution is -2.40. The Kier molecular flexibility index (Phi) is 5.36. The summed E-state index contributed by atoms with van der Waals surface area (Å²) in [6.07, 6.45) is 5.14. The minimum Gasteiger partial charge on any atom is -0.330 e. The summed E-state index contributed by atoms with van der Waals surface area (Å²) >= 11 is 0. The molecule has 0 aliphatic carbocycles. The molecule has 1 atom stereocenters. The van der Waals surface area contributed by atoms with E-state index in [9.17, 15) is 9.59 Å². The van der Waals surface area contributed by atoms with Crippen molar-refractivity contribution in [2.45, 2.75) is 46.3 Å². The summed E-state index contributed by atoms with van der Waals surface area (Å²) in [6, 6.07) is 0.498. The number of fused-ring (bicyclic) bond motifs is 1. The maximum atomic E-state index is 12.4. The number of ketones is 1. The Labute approximate surface area is 137 Å². The van der Waals surface area contributed by atoms with E-state index < -0.39 is 0 Å². The molecule has 1 aliphatic heterocycles. The third-order valence-corrected chi connectivity index (χ3v) is 4.34. The number of rotatable bonds is 5. The van der Waals surface area contributed by atoms with Crippen LogP contribution in [0.5, 0.6) is 0 Å². The molecular weight excluding hydrogens is 292 g/mol. The molecule has 1 amide bonds. The van der Waals surface area contributed by atoms with Crippen LogP contribution < -0.4 is 0 Å². The highest BCUT2D eigenvalue weighted by Crippen LogP contribution is 2.23. The number of amides is 1. The smallest absolute Gasteiger partial charge is 0.246 e. The largest absolute Gasteiger partial charge is 0.330 e. The van der Waals surface area contributed by atoms with E-state index in [4.69, 9.17) is 0 Å². The van der Waals surface area contributed by atoms with E-state index in [1.807, 2.05) is 24.6 Å². The highest BCUT2D eigenvalue weighted by Gasteiger charge is 2.28. The van der Waals surface area contributed by atoms with Gasteiger partial charge >= 0.3 is 0 Å². The standard InChI is InChI=1S/C17H26N4O2/c1-12(2)19(5)8-6-7-17(23)20-10-13(3)21-15(14(4)22)9-18-16(21)11-20/h6-7,9,12-13H,8,10-11H2,1-5H3/b7-6+. The van der Waals surface area contributed by atoms with Gasteiger partial charge < -0.3 is 14.4 Å². The Hall–Kier alpha value is -1.95. The first kappa shape index (κ1) is 17.4. The molecular formula is C17H26N4O2. The Morgan fingerprint density at radius 2 is 2.17 bits per heavy atom. The van der Waals surface area contributed by atoms with Crippen molar-refractivity contribution in [3.63, 3.8) is 0 Å². The number of imidazole rings is 1. The van der Waals surface area contributed by atoms with E-state index in [2.05, 4.69) is 23.7 Å². The van der Waals surface area contributed by atoms with Crippen LogP contribution in [0.1, 0.15) is 50.0 Å². The molecule has 6 heteroatoms. The topological polar surface area (TPSA) is 58.4 Å². The second kappa shape index (κ2) is 7.08. The van der Waals surface area contributed by atoms with Gasteiger partial charge in [-0.15, -0.1) is 0 Å². The average Bonchev–Trinajstić information content (AvgIpc) is 2.91. The second-order valence-corrected chi connectivity index (χ2v) is 6.49. The number of hydrogen-bond acceptors (Lipinski definition) is 4. The summed E-state index contributed by atoms with van der Waals surface area (Å²) in [5.74, 6) is 0.773. The van der Waals surface area contributed by atoms with Crippen LogP contribution in [0, 0.1) is 0 Å². The molecule has 23 heavy (non-hydrogen) atoms. The minimum atomic E-state index is -0.00682. The maximum Gasteiger partial charge on any atom is 0.246 e. The van der Waals surface area contributed by atoms with E-state index >= 15 is 0 Å². The molecule has 6 nitrogen and oxygen atoms in total. The van der Waals surface area contributed by atoms with Crippen LogP contribution >= 0.6 is 0 Å². The molecule has 1 aromatic rings. The summed E-state index contributed by atoms with van der Waals surface area (Å²) in [4.78, 5) is 32.3. The Balaban J connectivity index is 2.04. The molecule has 0 saturated heterocycles. The molecule has 1 unspecified atom stereocenters. The van der Waals surface area contributed by atoms with Gasteiger partial charge in [0, 0.05) is 32.1 Å². The number of hydrogen-bond donors (Lipinski definition) is 0. The van der Waals surface area contributed by atoms with Gasteiger partial charge in [0.2, 0.25) is 5.91 Å². The van der Waals surface area contributed by atoms with Crippen molar-refractivity contribution < 1.29 is 9.59 Å². The van der Waals surface area contributed by atoms with Gasteiger partial charge in [-0.3, -0.25) is 9.59 Å². The van der Waals surface area contributed by atoms with Gasteiger partial charge in [0.05, 0.1) is 18.8 Å². The predicted molar refractivity (Wildman–Crippen MR) is 89.3 cm³/mol. The van der Waals surface area contributed by atoms with Crippen LogP contribution in [0.25, 0.3) is 0 Å². The Morgan fingerprint density at radius 1 is 1.48 bits per heavy atom. The van der Waals surface area contributed by atoms with Crippen LogP contribution in [-0.4, -0.2) is 57.2 Å². The SMILES string of the molecule is CC(=O)c1cnc2n1C(C)CN(C(=O)/C=C/CN(C)C(C)C)C2. The summed E-state index contributed by atoms with van der Waals surface area (Å²) in [5, 5.41) is 0. The molecule has 0 radical (unpaired) electrons. The fraction of sp³-hybridized carbons (Fsp3) is 0.588. The van der Waals surface area contributed by atoms with Crippen molar-refractivity contribution in [3.8, 4) is 0 Å². The van der Waals surface area contributed by atoms with Crippen LogP contribution in [0.3, 0.4) is 0 Å². The van der Waals surface area contributed by atoms with Crippen molar-refractivity contribution in [2.24, 2.45) is 0 Å². The van der Waals surface area contributed by atoms with Crippen LogP contribution in [0.2, 0.25) is 0 Å². The van der Waals surface area contributed by atoms with Crippen molar-refractivity contribution in [3.05, 3.63) is 29.9 Å². The van der Waals surface area contributed by atoms with Gasteiger partial charge in [0.1, 0.15) is 11.5 Å². The van der Waals surface area contributed by atoms with E-state index in [1.165, 1.54) is 0 Å². The van der Waals surface area contributed by atoms with Gasteiger partial charge in [-0.05, 0) is 27.8 Å². The van der Waals surface area contributed by atoms with E-state index in [1.54, 1.807) is 24.1 Å². The third kappa shape index (κ3) is 3.88. The fourth-order valence-corrected chi connectivity index (χ4v) is 2.71. The lowest BCUT2D eigenvalue weighted by atomic mass is 10.2. The zero-order chi connectivity index (χ0) is 17.1. The summed E-state index contributed by atoms with van der Waals surface area (Å²) in [7, 11) is 2.03. The lowest BCUT2D eigenvalue weighted by Gasteiger charge is -2.32. The van der Waals surface area contributed by atoms with E-state index in [-0.39, 0.29) is 17.7 Å². The first-order valence-corrected chi connectivity index (χ1v) is 8.04. The first-order chi connectivity index (χ1) is 10.8. The van der Waals surface area contributed by atoms with Gasteiger partial charge in [-0.2, -0.15) is 0 Å². The molecule has 0 aromatic carbocycles. The van der Waals surface area contributed by atoms with Gasteiger partial charge in [0.15, 0.2) is 5.78 Å². The van der Waals surface area contributed by atoms with Gasteiger partial charge in [0.25, 0.3) is 0 Å². The molecule has 126 valence electrons. The number of likely N-dealkylation sites (N-methyl/N-ethyl adjacent to an activating group) is 1. The molecule has 1 aromatic heterocycles. The number of aromatic nitrogens is 2. The Morgan fingerprint density at radius 3 is 2.78 bits per heavy atom. The average molecular weight is 318 g/mol. The maximum absolute atomic E-state index is 12.4. The number of carbonyl (C=O) groups is 2. The van der Waals surface area contributed by atoms with Gasteiger partial charge in [-0.1, -0.05) is 6.08 Å². The molecule has 0 spiro atoms. The zero-order valence-corrected chi connectivity index (χ0v) is 14.6. The van der Waals surface area contributed by atoms with Crippen LogP contribution in [-0.2, 0) is 11.3 Å². The predicted octanol–water partition coefficient (Wildman–Crippen LogP) is 1.89. The summed E-state index contributed by atoms with van der Waals surface area (Å²) < 4.78 is 1.95. The number of Topliss-reactive ketones (excluding diaryl/α,β-unsaturated/α-hetero) is 1. The van der Waals surface area contributed by atoms with E-state index in [0.29, 0.717) is 24.8 Å². The zero-order valence-electron chi connectivity index (χ0n) is 14.6. The molecule has 2 heterocycles. The van der Waals surface area contributed by atoms with Crippen LogP contribution in [0.4, 0.5) is 0 Å². The van der Waals surface area contributed by atoms with Crippen molar-refractivity contribution >= 4 is 11.7 Å². The molecule has 1 aliphatic rings. The lowest BCUT2D eigenvalue weighted by molar-refractivity contribution is -0.128. The van der Waals surface area contributed by atoms with Crippen molar-refractivity contribution in [1.29, 1.82) is 0 Å². The van der Waals surface area contributed by atoms with E-state index in [0.717, 1.165) is 12.4 Å². The van der Waals surface area contributed by atoms with Gasteiger partial charge in [-0.25, -0.2) is 4.98 Å². The molecule has 2 rings (SSSR count). The third-order valence-electron chi connectivity index (χ3n) is 4.34. The highest BCUT2D eigenvalue weighted by molar-refractivity contribution is 5.92. The number of carbonyl (C=O) groups excluding carboxylic acids is 2. The highest BCUT2D eigenvalue weighted by atomic mass is 16.2. The molecule has 0 bridgehead atoms. The number of nitrogens with zero attached hydrogens (tertiary/aromatic N) is 4. The fourth-order valence-electron chi connectivity index (χ4n) is 2.71. The first-order valence-electron chi connectivity index (χ1n) is 8.04. The minimum absolute atomic E-state index is 0.00648. The van der Waals surface area contributed by atoms with Crippen molar-refractivity contribution in [1.82, 2.24) is 19.4 Å². The second-order valence-electron chi connectivity index (χ2n) is 6.49. The normalized spacial score (nSPS) is 18.0. The summed E-state index contributed by atoms with van der Waals surface area (Å²) in [6.45, 7) is 9.57. The quantitative estimate of drug-likeness (QED) is 0.614. The van der Waals surface area contributed by atoms with Crippen molar-refractivity contribution in [2.75, 3.05) is 20.1 Å². The summed E-state index contributed by atoms with van der Waals surface area (Å²) in [5.41, 5.74) is 0.619. The van der Waals surface area contributed by atoms with Crippen LogP contribution in [0.15, 0.2) is 18.3 Å². The molecule has 0 fully saturated rings. The molecule has 0 saturated carbocycles. The Bertz CT molecular complexity index is 618.